The number of nitriles is 1. The first-order chi connectivity index (χ1) is 21.5. The van der Waals surface area contributed by atoms with E-state index in [2.05, 4.69) is 20.0 Å². The molecule has 1 aliphatic heterocycles. The van der Waals surface area contributed by atoms with E-state index in [1.807, 2.05) is 65.8 Å². The van der Waals surface area contributed by atoms with E-state index in [0.717, 1.165) is 22.6 Å². The Balaban J connectivity index is 0. The molecule has 1 aliphatic rings. The van der Waals surface area contributed by atoms with Gasteiger partial charge in [0, 0.05) is 43.3 Å². The summed E-state index contributed by atoms with van der Waals surface area (Å²) in [5.74, 6) is -0.0281. The van der Waals surface area contributed by atoms with E-state index in [1.54, 1.807) is 6.07 Å². The monoisotopic (exact) mass is 827 g/mol. The Bertz CT molecular complexity index is 1480. The molecule has 280 valence electrons. The Kier molecular flexibility index (Phi) is 15.7. The van der Waals surface area contributed by atoms with Crippen molar-refractivity contribution < 1.29 is 90.0 Å². The number of hydrogen-bond donors (Lipinski definition) is 2. The topological polar surface area (TPSA) is 123 Å². The number of benzene rings is 2. The SMILES string of the molecule is CC#N.CC1=NCCN=C(C)c2cc(C)cc(c2[O-])C(C)=[NH+]CC[NH+]=C(C)c2cc(C)cc1c2[O-].F[P-](F)(F)(F)(F)F.F[P-](F)(F)(F)(F)F.[Zn+2]. The second-order valence-corrected chi connectivity index (χ2v) is 14.4. The van der Waals surface area contributed by atoms with Crippen LogP contribution in [0.2, 0.25) is 0 Å². The Morgan fingerprint density at radius 2 is 0.800 bits per heavy atom. The zero-order chi connectivity index (χ0) is 38.9. The summed E-state index contributed by atoms with van der Waals surface area (Å²) in [5, 5.41) is 33.5. The molecule has 0 spiro atoms. The maximum Gasteiger partial charge on any atom is 2.00 e. The van der Waals surface area contributed by atoms with Gasteiger partial charge in [-0.15, -0.1) is 0 Å². The molecule has 0 fully saturated rings. The number of nitrogens with one attached hydrogen (secondary N) is 2. The molecule has 0 aliphatic carbocycles. The zero-order valence-electron chi connectivity index (χ0n) is 27.9. The van der Waals surface area contributed by atoms with Crippen LogP contribution in [0.3, 0.4) is 0 Å². The third-order valence-electron chi connectivity index (χ3n) is 5.76. The average Bonchev–Trinajstić information content (AvgIpc) is 2.87. The number of fused-ring (bicyclic) bond motifs is 4. The van der Waals surface area contributed by atoms with Crippen LogP contribution in [0, 0.1) is 25.2 Å². The van der Waals surface area contributed by atoms with E-state index in [4.69, 9.17) is 5.26 Å². The summed E-state index contributed by atoms with van der Waals surface area (Å²) in [6.07, 6.45) is 0. The second kappa shape index (κ2) is 16.0. The molecule has 2 aromatic carbocycles. The maximum absolute atomic E-state index is 13.1. The van der Waals surface area contributed by atoms with Gasteiger partial charge in [-0.05, 0) is 62.1 Å². The van der Waals surface area contributed by atoms with Crippen LogP contribution in [0.1, 0.15) is 68.0 Å². The smallest absolute Gasteiger partial charge is 2.00 e. The molecule has 50 heavy (non-hydrogen) atoms. The fourth-order valence-electron chi connectivity index (χ4n) is 3.94. The van der Waals surface area contributed by atoms with Crippen LogP contribution in [0.25, 0.3) is 0 Å². The molecule has 0 saturated heterocycles. The summed E-state index contributed by atoms with van der Waals surface area (Å²) in [5.41, 5.74) is 7.68. The predicted molar refractivity (Wildman–Crippen MR) is 165 cm³/mol. The fourth-order valence-corrected chi connectivity index (χ4v) is 3.94. The van der Waals surface area contributed by atoms with Crippen molar-refractivity contribution in [1.29, 1.82) is 5.26 Å². The van der Waals surface area contributed by atoms with Crippen molar-refractivity contribution in [3.8, 4) is 17.6 Å². The molecule has 22 heteroatoms. The van der Waals surface area contributed by atoms with Crippen molar-refractivity contribution in [3.63, 3.8) is 0 Å². The predicted octanol–water partition coefficient (Wildman–Crippen LogP) is 6.85. The Labute approximate surface area is 293 Å². The van der Waals surface area contributed by atoms with Gasteiger partial charge in [0.1, 0.15) is 0 Å². The molecular formula is C28H35F12N5O2P2Zn. The molecule has 7 nitrogen and oxygen atoms in total. The van der Waals surface area contributed by atoms with Crippen molar-refractivity contribution in [3.05, 3.63) is 57.6 Å². The summed E-state index contributed by atoms with van der Waals surface area (Å²) in [6.45, 7) is 15.1. The van der Waals surface area contributed by atoms with E-state index in [9.17, 15) is 60.6 Å². The van der Waals surface area contributed by atoms with Crippen molar-refractivity contribution in [2.24, 2.45) is 9.98 Å². The first-order valence-corrected chi connectivity index (χ1v) is 17.8. The standard InChI is InChI=1S/C26H32N4O2.C2H3N.2F6P.Zn/c1-15-11-21-17(3)27-7-9-29-19(5)23-13-16(2)14-24(26(23)32)20(6)30-10-8-28-18(4)22(12-15)25(21)31;1-2-3;2*1-7(2,3,4,5)6;/h11-14,31-32H,7-10H2,1-6H3;1H3;;;/q;;2*-1;+2. The van der Waals surface area contributed by atoms with Gasteiger partial charge in [-0.1, -0.05) is 23.6 Å². The molecule has 2 aromatic rings. The van der Waals surface area contributed by atoms with Gasteiger partial charge >= 0.3 is 85.5 Å². The van der Waals surface area contributed by atoms with Crippen molar-refractivity contribution >= 4 is 38.5 Å². The Morgan fingerprint density at radius 3 is 1.04 bits per heavy atom. The van der Waals surface area contributed by atoms with E-state index in [1.165, 1.54) is 6.92 Å². The first kappa shape index (κ1) is 49.0. The summed E-state index contributed by atoms with van der Waals surface area (Å²) >= 11 is 0. The van der Waals surface area contributed by atoms with Crippen LogP contribution >= 0.6 is 15.6 Å². The van der Waals surface area contributed by atoms with Crippen molar-refractivity contribution in [2.45, 2.75) is 48.5 Å². The summed E-state index contributed by atoms with van der Waals surface area (Å²) in [4.78, 5) is 15.9. The largest absolute Gasteiger partial charge is 2.00 e. The molecule has 0 saturated carbocycles. The summed E-state index contributed by atoms with van der Waals surface area (Å²) in [7, 11) is -21.3. The number of rotatable bonds is 0. The minimum Gasteiger partial charge on any atom is 2.00 e. The van der Waals surface area contributed by atoms with Crippen LogP contribution in [0.5, 0.6) is 11.5 Å². The molecule has 4 bridgehead atoms. The molecule has 0 aromatic heterocycles. The Hall–Kier alpha value is -3.15. The van der Waals surface area contributed by atoms with Gasteiger partial charge in [0.25, 0.3) is 0 Å². The number of halogens is 12. The normalized spacial score (nSPS) is 16.7. The molecule has 0 unspecified atom stereocenters. The number of nitrogens with zero attached hydrogens (tertiary/aromatic N) is 3. The second-order valence-electron chi connectivity index (χ2n) is 10.6. The van der Waals surface area contributed by atoms with Gasteiger partial charge in [0.05, 0.1) is 19.2 Å². The summed E-state index contributed by atoms with van der Waals surface area (Å²) < 4.78 is 118. The number of aryl methyl sites for hydroxylation is 2. The van der Waals surface area contributed by atoms with Gasteiger partial charge in [0.2, 0.25) is 0 Å². The van der Waals surface area contributed by atoms with Crippen molar-refractivity contribution in [2.75, 3.05) is 26.2 Å². The molecule has 0 atom stereocenters. The van der Waals surface area contributed by atoms with Crippen LogP contribution in [-0.4, -0.2) is 49.0 Å². The van der Waals surface area contributed by atoms with E-state index in [0.29, 0.717) is 59.9 Å². The molecule has 0 amide bonds. The van der Waals surface area contributed by atoms with E-state index >= 15 is 0 Å². The van der Waals surface area contributed by atoms with E-state index < -0.39 is 15.6 Å². The quantitative estimate of drug-likeness (QED) is 0.172. The first-order valence-electron chi connectivity index (χ1n) is 13.8. The van der Waals surface area contributed by atoms with Crippen LogP contribution in [0.4, 0.5) is 50.4 Å². The maximum atomic E-state index is 13.1. The number of hydrogen-bond acceptors (Lipinski definition) is 5. The minimum absolute atomic E-state index is 0. The molecule has 1 heterocycles. The third-order valence-corrected chi connectivity index (χ3v) is 5.76. The van der Waals surface area contributed by atoms with Crippen LogP contribution < -0.4 is 20.2 Å². The molecule has 2 N–H and O–H groups in total. The van der Waals surface area contributed by atoms with Crippen molar-refractivity contribution in [1.82, 2.24) is 0 Å². The summed E-state index contributed by atoms with van der Waals surface area (Å²) in [6, 6.07) is 9.36. The third kappa shape index (κ3) is 24.9. The van der Waals surface area contributed by atoms with Crippen LogP contribution in [-0.2, 0) is 19.5 Å². The molecular weight excluding hydrogens is 794 g/mol. The van der Waals surface area contributed by atoms with E-state index in [-0.39, 0.29) is 31.0 Å². The van der Waals surface area contributed by atoms with Gasteiger partial charge in [-0.3, -0.25) is 9.98 Å². The molecule has 3 rings (SSSR count). The van der Waals surface area contributed by atoms with Gasteiger partial charge in [-0.2, -0.15) is 5.26 Å². The fraction of sp³-hybridized carbons (Fsp3) is 0.393. The molecule has 0 radical (unpaired) electrons. The minimum atomic E-state index is -10.7. The zero-order valence-corrected chi connectivity index (χ0v) is 32.7. The van der Waals surface area contributed by atoms with Gasteiger partial charge in [-0.25, -0.2) is 9.98 Å². The van der Waals surface area contributed by atoms with Gasteiger partial charge in [0.15, 0.2) is 24.5 Å². The average molecular weight is 829 g/mol. The number of aliphatic imine (C=N–C) groups is 2. The Morgan fingerprint density at radius 1 is 0.580 bits per heavy atom. The van der Waals surface area contributed by atoms with Gasteiger partial charge < -0.3 is 10.2 Å². The van der Waals surface area contributed by atoms with Crippen LogP contribution in [0.15, 0.2) is 34.3 Å².